The highest BCUT2D eigenvalue weighted by atomic mass is 16.5. The molecule has 1 atom stereocenters. The van der Waals surface area contributed by atoms with Gasteiger partial charge in [0.2, 0.25) is 5.91 Å². The van der Waals surface area contributed by atoms with Crippen molar-refractivity contribution in [1.82, 2.24) is 0 Å². The molecule has 0 saturated carbocycles. The predicted octanol–water partition coefficient (Wildman–Crippen LogP) is 1.12. The number of hydrogen-bond acceptors (Lipinski definition) is 4. The van der Waals surface area contributed by atoms with E-state index in [-0.39, 0.29) is 11.9 Å². The van der Waals surface area contributed by atoms with Gasteiger partial charge in [0, 0.05) is 6.54 Å². The number of para-hydroxylation sites is 1. The maximum Gasteiger partial charge on any atom is 0.240 e. The lowest BCUT2D eigenvalue weighted by Crippen LogP contribution is -2.40. The standard InChI is InChI=1S/C13H19N3O2/c1-2-18-11-7-3-5-9(12(11)14)16-8-4-6-10(16)13(15)17/h3,5,7,10H,2,4,6,8,14H2,1H3,(H2,15,17). The molecule has 0 radical (unpaired) electrons. The van der Waals surface area contributed by atoms with Crippen LogP contribution in [-0.2, 0) is 4.79 Å². The van der Waals surface area contributed by atoms with E-state index < -0.39 is 0 Å². The summed E-state index contributed by atoms with van der Waals surface area (Å²) in [6.45, 7) is 3.27. The zero-order valence-electron chi connectivity index (χ0n) is 10.6. The lowest BCUT2D eigenvalue weighted by atomic mass is 10.2. The van der Waals surface area contributed by atoms with Crippen LogP contribution in [0.4, 0.5) is 11.4 Å². The summed E-state index contributed by atoms with van der Waals surface area (Å²) in [6, 6.07) is 5.35. The Labute approximate surface area is 107 Å². The third kappa shape index (κ3) is 2.20. The molecule has 0 spiro atoms. The van der Waals surface area contributed by atoms with E-state index in [9.17, 15) is 4.79 Å². The predicted molar refractivity (Wildman–Crippen MR) is 71.6 cm³/mol. The molecule has 2 rings (SSSR count). The number of primary amides is 1. The summed E-state index contributed by atoms with van der Waals surface area (Å²) in [5.74, 6) is 0.360. The number of carbonyl (C=O) groups is 1. The number of amides is 1. The lowest BCUT2D eigenvalue weighted by Gasteiger charge is -2.26. The molecule has 1 aromatic rings. The van der Waals surface area contributed by atoms with Crippen molar-refractivity contribution in [1.29, 1.82) is 0 Å². The van der Waals surface area contributed by atoms with E-state index in [2.05, 4.69) is 0 Å². The maximum absolute atomic E-state index is 11.4. The van der Waals surface area contributed by atoms with Crippen LogP contribution in [0.1, 0.15) is 19.8 Å². The summed E-state index contributed by atoms with van der Waals surface area (Å²) >= 11 is 0. The van der Waals surface area contributed by atoms with E-state index in [1.165, 1.54) is 0 Å². The largest absolute Gasteiger partial charge is 0.492 e. The summed E-state index contributed by atoms with van der Waals surface area (Å²) in [5.41, 5.74) is 12.9. The number of nitrogens with two attached hydrogens (primary N) is 2. The zero-order chi connectivity index (χ0) is 13.1. The average molecular weight is 249 g/mol. The number of carbonyl (C=O) groups excluding carboxylic acids is 1. The first-order valence-electron chi connectivity index (χ1n) is 6.22. The Bertz CT molecular complexity index is 448. The van der Waals surface area contributed by atoms with Crippen LogP contribution in [0.2, 0.25) is 0 Å². The van der Waals surface area contributed by atoms with Crippen LogP contribution >= 0.6 is 0 Å². The molecule has 1 amide bonds. The van der Waals surface area contributed by atoms with Gasteiger partial charge in [-0.3, -0.25) is 4.79 Å². The van der Waals surface area contributed by atoms with Crippen molar-refractivity contribution < 1.29 is 9.53 Å². The summed E-state index contributed by atoms with van der Waals surface area (Å²) in [6.07, 6.45) is 1.74. The Kier molecular flexibility index (Phi) is 3.60. The minimum atomic E-state index is -0.297. The van der Waals surface area contributed by atoms with Crippen LogP contribution < -0.4 is 21.1 Å². The average Bonchev–Trinajstić information content (AvgIpc) is 2.81. The smallest absolute Gasteiger partial charge is 0.240 e. The Morgan fingerprint density at radius 2 is 2.33 bits per heavy atom. The molecule has 1 aliphatic rings. The van der Waals surface area contributed by atoms with E-state index in [4.69, 9.17) is 16.2 Å². The van der Waals surface area contributed by atoms with Crippen LogP contribution in [0.5, 0.6) is 5.75 Å². The van der Waals surface area contributed by atoms with Crippen LogP contribution in [0.3, 0.4) is 0 Å². The second-order valence-electron chi connectivity index (χ2n) is 4.38. The number of anilines is 2. The van der Waals surface area contributed by atoms with Crippen LogP contribution in [0.15, 0.2) is 18.2 Å². The Balaban J connectivity index is 2.32. The van der Waals surface area contributed by atoms with E-state index in [0.717, 1.165) is 25.1 Å². The first kappa shape index (κ1) is 12.5. The van der Waals surface area contributed by atoms with Gasteiger partial charge >= 0.3 is 0 Å². The van der Waals surface area contributed by atoms with Crippen molar-refractivity contribution in [3.8, 4) is 5.75 Å². The molecular weight excluding hydrogens is 230 g/mol. The highest BCUT2D eigenvalue weighted by Crippen LogP contribution is 2.36. The van der Waals surface area contributed by atoms with E-state index >= 15 is 0 Å². The molecule has 1 unspecified atom stereocenters. The molecule has 0 bridgehead atoms. The molecule has 1 aliphatic heterocycles. The van der Waals surface area contributed by atoms with E-state index in [0.29, 0.717) is 18.0 Å². The highest BCUT2D eigenvalue weighted by molar-refractivity contribution is 5.87. The Morgan fingerprint density at radius 3 is 3.00 bits per heavy atom. The SMILES string of the molecule is CCOc1cccc(N2CCCC2C(N)=O)c1N. The summed E-state index contributed by atoms with van der Waals surface area (Å²) in [4.78, 5) is 13.4. The second-order valence-corrected chi connectivity index (χ2v) is 4.38. The van der Waals surface area contributed by atoms with Crippen molar-refractivity contribution in [2.75, 3.05) is 23.8 Å². The fourth-order valence-corrected chi connectivity index (χ4v) is 2.42. The Morgan fingerprint density at radius 1 is 1.56 bits per heavy atom. The number of benzene rings is 1. The van der Waals surface area contributed by atoms with Crippen molar-refractivity contribution in [2.24, 2.45) is 5.73 Å². The monoisotopic (exact) mass is 249 g/mol. The summed E-state index contributed by atoms with van der Waals surface area (Å²) in [5, 5.41) is 0. The van der Waals surface area contributed by atoms with Gasteiger partial charge in [-0.05, 0) is 31.9 Å². The van der Waals surface area contributed by atoms with Crippen LogP contribution in [-0.4, -0.2) is 25.1 Å². The van der Waals surface area contributed by atoms with E-state index in [1.54, 1.807) is 0 Å². The molecule has 4 N–H and O–H groups in total. The molecule has 0 aliphatic carbocycles. The fraction of sp³-hybridized carbons (Fsp3) is 0.462. The van der Waals surface area contributed by atoms with Crippen LogP contribution in [0, 0.1) is 0 Å². The fourth-order valence-electron chi connectivity index (χ4n) is 2.42. The minimum absolute atomic E-state index is 0.260. The molecule has 18 heavy (non-hydrogen) atoms. The number of hydrogen-bond donors (Lipinski definition) is 2. The quantitative estimate of drug-likeness (QED) is 0.783. The minimum Gasteiger partial charge on any atom is -0.492 e. The van der Waals surface area contributed by atoms with Crippen molar-refractivity contribution in [3.63, 3.8) is 0 Å². The third-order valence-corrected chi connectivity index (χ3v) is 3.23. The summed E-state index contributed by atoms with van der Waals surface area (Å²) < 4.78 is 5.46. The maximum atomic E-state index is 11.4. The molecule has 1 aromatic carbocycles. The van der Waals surface area contributed by atoms with Gasteiger partial charge in [-0.25, -0.2) is 0 Å². The van der Waals surface area contributed by atoms with Gasteiger partial charge in [-0.1, -0.05) is 6.07 Å². The van der Waals surface area contributed by atoms with Gasteiger partial charge < -0.3 is 21.1 Å². The number of rotatable bonds is 4. The second kappa shape index (κ2) is 5.16. The topological polar surface area (TPSA) is 81.6 Å². The van der Waals surface area contributed by atoms with Crippen LogP contribution in [0.25, 0.3) is 0 Å². The molecule has 0 aromatic heterocycles. The third-order valence-electron chi connectivity index (χ3n) is 3.23. The van der Waals surface area contributed by atoms with Crippen molar-refractivity contribution in [3.05, 3.63) is 18.2 Å². The first-order valence-corrected chi connectivity index (χ1v) is 6.22. The zero-order valence-corrected chi connectivity index (χ0v) is 10.6. The number of nitrogen functional groups attached to an aromatic ring is 1. The van der Waals surface area contributed by atoms with E-state index in [1.807, 2.05) is 30.0 Å². The van der Waals surface area contributed by atoms with Gasteiger partial charge in [0.1, 0.15) is 11.8 Å². The van der Waals surface area contributed by atoms with Gasteiger partial charge in [0.05, 0.1) is 18.0 Å². The Hall–Kier alpha value is -1.91. The summed E-state index contributed by atoms with van der Waals surface area (Å²) in [7, 11) is 0. The molecule has 5 nitrogen and oxygen atoms in total. The normalized spacial score (nSPS) is 18.9. The molecule has 1 fully saturated rings. The molecular formula is C13H19N3O2. The van der Waals surface area contributed by atoms with Gasteiger partial charge in [-0.2, -0.15) is 0 Å². The van der Waals surface area contributed by atoms with Gasteiger partial charge in [-0.15, -0.1) is 0 Å². The molecule has 5 heteroatoms. The highest BCUT2D eigenvalue weighted by Gasteiger charge is 2.30. The number of ether oxygens (including phenoxy) is 1. The lowest BCUT2D eigenvalue weighted by molar-refractivity contribution is -0.119. The molecule has 98 valence electrons. The first-order chi connectivity index (χ1) is 8.65. The van der Waals surface area contributed by atoms with Gasteiger partial charge in [0.15, 0.2) is 0 Å². The van der Waals surface area contributed by atoms with Crippen molar-refractivity contribution in [2.45, 2.75) is 25.8 Å². The van der Waals surface area contributed by atoms with Crippen molar-refractivity contribution >= 4 is 17.3 Å². The molecule has 1 heterocycles. The number of nitrogens with zero attached hydrogens (tertiary/aromatic N) is 1. The molecule has 1 saturated heterocycles. The van der Waals surface area contributed by atoms with Gasteiger partial charge in [0.25, 0.3) is 0 Å².